The Balaban J connectivity index is 1.34. The fraction of sp³-hybridized carbons (Fsp3) is 0.577. The first-order valence-electron chi connectivity index (χ1n) is 13.1. The molecule has 2 atom stereocenters. The predicted octanol–water partition coefficient (Wildman–Crippen LogP) is 3.46. The van der Waals surface area contributed by atoms with Crippen LogP contribution in [0.4, 0.5) is 19.7 Å². The lowest BCUT2D eigenvalue weighted by atomic mass is 9.82. The van der Waals surface area contributed by atoms with E-state index >= 15 is 0 Å². The second-order valence-electron chi connectivity index (χ2n) is 10.5. The van der Waals surface area contributed by atoms with Gasteiger partial charge in [-0.25, -0.2) is 13.8 Å². The van der Waals surface area contributed by atoms with Crippen LogP contribution in [0.2, 0.25) is 0 Å². The molecule has 3 N–H and O–H groups in total. The number of nitrogens with one attached hydrogen (secondary N) is 1. The summed E-state index contributed by atoms with van der Waals surface area (Å²) in [5.41, 5.74) is 9.97. The number of nitrogen functional groups attached to an aromatic ring is 1. The van der Waals surface area contributed by atoms with Crippen molar-refractivity contribution in [3.8, 4) is 6.01 Å². The lowest BCUT2D eigenvalue weighted by molar-refractivity contribution is 0.0155. The highest BCUT2D eigenvalue weighted by atomic mass is 32.1. The third-order valence-corrected chi connectivity index (χ3v) is 8.73. The Morgan fingerprint density at radius 2 is 2.11 bits per heavy atom. The number of nitrogens with two attached hydrogens (primary N) is 1. The Labute approximate surface area is 219 Å². The van der Waals surface area contributed by atoms with Gasteiger partial charge in [0.1, 0.15) is 12.4 Å². The van der Waals surface area contributed by atoms with Gasteiger partial charge in [0.15, 0.2) is 5.13 Å². The minimum Gasteiger partial charge on any atom is -0.462 e. The Hall–Kier alpha value is -2.63. The van der Waals surface area contributed by atoms with Crippen LogP contribution >= 0.6 is 11.3 Å². The maximum Gasteiger partial charge on any atom is 0.318 e. The zero-order valence-corrected chi connectivity index (χ0v) is 21.9. The third kappa shape index (κ3) is 5.08. The molecule has 198 valence electrons. The number of ether oxygens (including phenoxy) is 1. The maximum atomic E-state index is 14.6. The average molecular weight is 530 g/mol. The smallest absolute Gasteiger partial charge is 0.318 e. The number of aromatic nitrogens is 3. The summed E-state index contributed by atoms with van der Waals surface area (Å²) in [6.45, 7) is 1.80. The Morgan fingerprint density at radius 3 is 2.95 bits per heavy atom. The van der Waals surface area contributed by atoms with Crippen molar-refractivity contribution in [3.63, 3.8) is 0 Å². The second kappa shape index (κ2) is 9.92. The fourth-order valence-electron chi connectivity index (χ4n) is 5.92. The van der Waals surface area contributed by atoms with Crippen LogP contribution in [0.3, 0.4) is 0 Å². The molecule has 2 unspecified atom stereocenters. The number of rotatable bonds is 5. The molecular weight excluding hydrogens is 496 g/mol. The molecule has 1 aliphatic carbocycles. The van der Waals surface area contributed by atoms with E-state index in [-0.39, 0.29) is 25.0 Å². The largest absolute Gasteiger partial charge is 0.462 e. The minimum atomic E-state index is -2.83. The molecule has 8 nitrogen and oxygen atoms in total. The molecule has 0 bridgehead atoms. The van der Waals surface area contributed by atoms with Crippen LogP contribution in [-0.4, -0.2) is 78.2 Å². The normalized spacial score (nSPS) is 24.2. The van der Waals surface area contributed by atoms with Gasteiger partial charge in [0.2, 0.25) is 0 Å². The number of para-hydroxylation sites is 1. The first-order chi connectivity index (χ1) is 17.9. The Morgan fingerprint density at radius 1 is 1.22 bits per heavy atom. The van der Waals surface area contributed by atoms with Gasteiger partial charge in [0.05, 0.1) is 29.0 Å². The topological polar surface area (TPSA) is 92.4 Å². The molecule has 3 aromatic rings. The molecule has 2 aliphatic heterocycles. The number of anilines is 2. The van der Waals surface area contributed by atoms with Gasteiger partial charge in [-0.2, -0.15) is 9.97 Å². The summed E-state index contributed by atoms with van der Waals surface area (Å²) in [7, 11) is 2.10. The summed E-state index contributed by atoms with van der Waals surface area (Å²) >= 11 is 1.49. The number of benzene rings is 1. The van der Waals surface area contributed by atoms with Crippen LogP contribution in [0.5, 0.6) is 6.01 Å². The predicted molar refractivity (Wildman–Crippen MR) is 142 cm³/mol. The fourth-order valence-corrected chi connectivity index (χ4v) is 6.69. The lowest BCUT2D eigenvalue weighted by Crippen LogP contribution is -2.39. The highest BCUT2D eigenvalue weighted by molar-refractivity contribution is 7.22. The SMILES string of the molecule is CN1CCCC1COc1nc2c(c(N3CCNCC(F)(F)C3)n1)CCC(c1cccc3sc(N)nc13)C2. The molecule has 0 amide bonds. The van der Waals surface area contributed by atoms with Gasteiger partial charge in [-0.1, -0.05) is 23.5 Å². The highest BCUT2D eigenvalue weighted by Crippen LogP contribution is 2.40. The number of alkyl halides is 2. The maximum absolute atomic E-state index is 14.6. The molecule has 2 saturated heterocycles. The van der Waals surface area contributed by atoms with Crippen molar-refractivity contribution in [1.82, 2.24) is 25.2 Å². The van der Waals surface area contributed by atoms with Crippen molar-refractivity contribution < 1.29 is 13.5 Å². The first kappa shape index (κ1) is 24.7. The first-order valence-corrected chi connectivity index (χ1v) is 13.9. The van der Waals surface area contributed by atoms with E-state index in [1.807, 2.05) is 6.07 Å². The molecule has 11 heteroatoms. The van der Waals surface area contributed by atoms with Gasteiger partial charge >= 0.3 is 6.01 Å². The van der Waals surface area contributed by atoms with Crippen LogP contribution in [0.1, 0.15) is 42.0 Å². The van der Waals surface area contributed by atoms with Crippen LogP contribution in [-0.2, 0) is 12.8 Å². The molecule has 3 aliphatic rings. The number of nitrogens with zero attached hydrogens (tertiary/aromatic N) is 5. The van der Waals surface area contributed by atoms with Gasteiger partial charge in [0, 0.05) is 24.7 Å². The van der Waals surface area contributed by atoms with E-state index in [1.54, 1.807) is 4.90 Å². The zero-order valence-electron chi connectivity index (χ0n) is 21.1. The quantitative estimate of drug-likeness (QED) is 0.519. The van der Waals surface area contributed by atoms with E-state index in [4.69, 9.17) is 20.4 Å². The van der Waals surface area contributed by atoms with Gasteiger partial charge in [-0.3, -0.25) is 0 Å². The van der Waals surface area contributed by atoms with Crippen molar-refractivity contribution in [2.24, 2.45) is 0 Å². The average Bonchev–Trinajstić information content (AvgIpc) is 3.41. The second-order valence-corrected chi connectivity index (χ2v) is 11.5. The number of likely N-dealkylation sites (N-methyl/N-ethyl adjacent to an activating group) is 1. The molecule has 0 spiro atoms. The molecule has 4 heterocycles. The van der Waals surface area contributed by atoms with Gasteiger partial charge < -0.3 is 25.6 Å². The highest BCUT2D eigenvalue weighted by Gasteiger charge is 2.37. The monoisotopic (exact) mass is 529 g/mol. The molecule has 2 fully saturated rings. The number of hydrogen-bond acceptors (Lipinski definition) is 9. The molecule has 2 aromatic heterocycles. The van der Waals surface area contributed by atoms with Crippen molar-refractivity contribution in [2.75, 3.05) is 57.0 Å². The van der Waals surface area contributed by atoms with Crippen molar-refractivity contribution in [2.45, 2.75) is 50.0 Å². The molecule has 1 aromatic carbocycles. The van der Waals surface area contributed by atoms with E-state index in [2.05, 4.69) is 34.4 Å². The standard InChI is InChI=1S/C26H33F2N7OS/c1-34-10-3-4-17(34)13-36-25-31-20-12-16(18-5-2-6-21-22(18)32-24(29)37-21)7-8-19(20)23(33-25)35-11-9-30-14-26(27,28)15-35/h2,5-6,16-17,30H,3-4,7-15H2,1H3,(H2,29,32). The Kier molecular flexibility index (Phi) is 6.62. The van der Waals surface area contributed by atoms with Crippen LogP contribution in [0.15, 0.2) is 18.2 Å². The molecular formula is C26H33F2N7OS. The summed E-state index contributed by atoms with van der Waals surface area (Å²) in [4.78, 5) is 18.2. The van der Waals surface area contributed by atoms with E-state index in [0.717, 1.165) is 52.8 Å². The molecule has 0 saturated carbocycles. The number of hydrogen-bond donors (Lipinski definition) is 2. The summed E-state index contributed by atoms with van der Waals surface area (Å²) in [6, 6.07) is 6.81. The number of fused-ring (bicyclic) bond motifs is 2. The molecule has 0 radical (unpaired) electrons. The van der Waals surface area contributed by atoms with Gasteiger partial charge in [-0.05, 0) is 63.2 Å². The van der Waals surface area contributed by atoms with Crippen LogP contribution in [0, 0.1) is 0 Å². The van der Waals surface area contributed by atoms with Gasteiger partial charge in [0.25, 0.3) is 5.92 Å². The van der Waals surface area contributed by atoms with E-state index in [9.17, 15) is 8.78 Å². The zero-order chi connectivity index (χ0) is 25.6. The Bertz CT molecular complexity index is 1290. The number of thiazole rings is 1. The van der Waals surface area contributed by atoms with Crippen molar-refractivity contribution in [1.29, 1.82) is 0 Å². The van der Waals surface area contributed by atoms with E-state index < -0.39 is 5.92 Å². The number of likely N-dealkylation sites (tertiary alicyclic amines) is 1. The van der Waals surface area contributed by atoms with Crippen molar-refractivity contribution >= 4 is 32.5 Å². The summed E-state index contributed by atoms with van der Waals surface area (Å²) in [6.07, 6.45) is 4.48. The summed E-state index contributed by atoms with van der Waals surface area (Å²) in [5.74, 6) is -2.03. The summed E-state index contributed by atoms with van der Waals surface area (Å²) < 4.78 is 36.3. The molecule has 6 rings (SSSR count). The van der Waals surface area contributed by atoms with Crippen LogP contribution in [0.25, 0.3) is 10.2 Å². The lowest BCUT2D eigenvalue weighted by Gasteiger charge is -2.31. The van der Waals surface area contributed by atoms with Gasteiger partial charge in [-0.15, -0.1) is 0 Å². The molecule has 37 heavy (non-hydrogen) atoms. The van der Waals surface area contributed by atoms with Crippen molar-refractivity contribution in [3.05, 3.63) is 35.0 Å². The third-order valence-electron chi connectivity index (χ3n) is 7.88. The van der Waals surface area contributed by atoms with Crippen LogP contribution < -0.4 is 20.7 Å². The number of halogens is 2. The van der Waals surface area contributed by atoms with E-state index in [0.29, 0.717) is 49.5 Å². The van der Waals surface area contributed by atoms with E-state index in [1.165, 1.54) is 11.3 Å². The minimum absolute atomic E-state index is 0.210. The summed E-state index contributed by atoms with van der Waals surface area (Å²) in [5, 5.41) is 3.42.